The summed E-state index contributed by atoms with van der Waals surface area (Å²) >= 11 is 1.47. The Balaban J connectivity index is 2.12. The number of benzene rings is 1. The zero-order valence-corrected chi connectivity index (χ0v) is 13.5. The maximum Gasteiger partial charge on any atom is 0.251 e. The Morgan fingerprint density at radius 3 is 2.55 bits per heavy atom. The van der Waals surface area contributed by atoms with Crippen LogP contribution in [0, 0.1) is 25.2 Å². The minimum atomic E-state index is -0.106. The standard InChI is InChI=1S/C16H16N4OS/c1-10-11(2)19-20-16(14(10)8-17)22-9-12-4-6-13(7-5-12)15(21)18-3/h4-7H,9H2,1-3H3,(H,18,21). The fourth-order valence-corrected chi connectivity index (χ4v) is 2.81. The summed E-state index contributed by atoms with van der Waals surface area (Å²) in [4.78, 5) is 11.5. The summed E-state index contributed by atoms with van der Waals surface area (Å²) in [6.07, 6.45) is 0. The molecule has 6 heteroatoms. The lowest BCUT2D eigenvalue weighted by Gasteiger charge is -2.07. The highest BCUT2D eigenvalue weighted by molar-refractivity contribution is 7.98. The van der Waals surface area contributed by atoms with Crippen LogP contribution in [0.3, 0.4) is 0 Å². The smallest absolute Gasteiger partial charge is 0.251 e. The molecular weight excluding hydrogens is 296 g/mol. The van der Waals surface area contributed by atoms with Gasteiger partial charge in [-0.05, 0) is 37.1 Å². The van der Waals surface area contributed by atoms with Gasteiger partial charge in [0, 0.05) is 18.4 Å². The first-order valence-corrected chi connectivity index (χ1v) is 7.73. The van der Waals surface area contributed by atoms with Gasteiger partial charge in [-0.2, -0.15) is 10.4 Å². The molecule has 0 unspecified atom stereocenters. The summed E-state index contributed by atoms with van der Waals surface area (Å²) in [6.45, 7) is 3.72. The van der Waals surface area contributed by atoms with Crippen molar-refractivity contribution in [1.82, 2.24) is 15.5 Å². The van der Waals surface area contributed by atoms with Crippen LogP contribution in [-0.2, 0) is 5.75 Å². The van der Waals surface area contributed by atoms with Gasteiger partial charge in [-0.15, -0.1) is 5.10 Å². The number of carbonyl (C=O) groups excluding carboxylic acids is 1. The molecule has 1 N–H and O–H groups in total. The molecule has 0 saturated heterocycles. The Morgan fingerprint density at radius 2 is 1.95 bits per heavy atom. The van der Waals surface area contributed by atoms with Crippen molar-refractivity contribution >= 4 is 17.7 Å². The fourth-order valence-electron chi connectivity index (χ4n) is 1.87. The topological polar surface area (TPSA) is 78.7 Å². The van der Waals surface area contributed by atoms with Gasteiger partial charge < -0.3 is 5.32 Å². The van der Waals surface area contributed by atoms with Crippen molar-refractivity contribution in [2.75, 3.05) is 7.05 Å². The molecule has 0 aliphatic carbocycles. The summed E-state index contributed by atoms with van der Waals surface area (Å²) in [5.41, 5.74) is 3.91. The Labute approximate surface area is 133 Å². The van der Waals surface area contributed by atoms with E-state index in [-0.39, 0.29) is 5.91 Å². The molecule has 2 aromatic rings. The monoisotopic (exact) mass is 312 g/mol. The lowest BCUT2D eigenvalue weighted by Crippen LogP contribution is -2.17. The summed E-state index contributed by atoms with van der Waals surface area (Å²) in [6, 6.07) is 9.57. The summed E-state index contributed by atoms with van der Waals surface area (Å²) in [5, 5.41) is 20.7. The third-order valence-corrected chi connectivity index (χ3v) is 4.39. The first kappa shape index (κ1) is 16.0. The van der Waals surface area contributed by atoms with E-state index in [4.69, 9.17) is 0 Å². The minimum Gasteiger partial charge on any atom is -0.355 e. The van der Waals surface area contributed by atoms with Crippen LogP contribution in [-0.4, -0.2) is 23.2 Å². The molecule has 0 aliphatic heterocycles. The number of aryl methyl sites for hydroxylation is 1. The Kier molecular flexibility index (Phi) is 5.12. The van der Waals surface area contributed by atoms with Gasteiger partial charge in [0.1, 0.15) is 11.1 Å². The predicted octanol–water partition coefficient (Wildman–Crippen LogP) is 2.62. The van der Waals surface area contributed by atoms with E-state index in [1.54, 1.807) is 19.2 Å². The SMILES string of the molecule is CNC(=O)c1ccc(CSc2nnc(C)c(C)c2C#N)cc1. The van der Waals surface area contributed by atoms with Crippen molar-refractivity contribution < 1.29 is 4.79 Å². The number of carbonyl (C=O) groups is 1. The van der Waals surface area contributed by atoms with E-state index in [1.165, 1.54) is 11.8 Å². The van der Waals surface area contributed by atoms with Crippen LogP contribution in [0.25, 0.3) is 0 Å². The molecule has 22 heavy (non-hydrogen) atoms. The Bertz CT molecular complexity index is 735. The summed E-state index contributed by atoms with van der Waals surface area (Å²) in [5.74, 6) is 0.561. The first-order valence-electron chi connectivity index (χ1n) is 6.74. The molecule has 0 bridgehead atoms. The van der Waals surface area contributed by atoms with Gasteiger partial charge in [0.2, 0.25) is 0 Å². The number of hydrogen-bond donors (Lipinski definition) is 1. The van der Waals surface area contributed by atoms with Crippen LogP contribution in [0.1, 0.15) is 32.7 Å². The second-order valence-corrected chi connectivity index (χ2v) is 5.73. The van der Waals surface area contributed by atoms with Gasteiger partial charge in [-0.1, -0.05) is 23.9 Å². The van der Waals surface area contributed by atoms with Crippen molar-refractivity contribution in [3.8, 4) is 6.07 Å². The molecule has 112 valence electrons. The van der Waals surface area contributed by atoms with Crippen molar-refractivity contribution in [3.05, 3.63) is 52.2 Å². The maximum absolute atomic E-state index is 11.5. The number of aromatic nitrogens is 2. The molecule has 0 atom stereocenters. The van der Waals surface area contributed by atoms with E-state index in [1.807, 2.05) is 26.0 Å². The first-order chi connectivity index (χ1) is 10.6. The van der Waals surface area contributed by atoms with Gasteiger partial charge >= 0.3 is 0 Å². The third-order valence-electron chi connectivity index (χ3n) is 3.35. The van der Waals surface area contributed by atoms with Gasteiger partial charge in [0.15, 0.2) is 0 Å². The minimum absolute atomic E-state index is 0.106. The predicted molar refractivity (Wildman–Crippen MR) is 85.6 cm³/mol. The average molecular weight is 312 g/mol. The van der Waals surface area contributed by atoms with Gasteiger partial charge in [-0.25, -0.2) is 0 Å². The second-order valence-electron chi connectivity index (χ2n) is 4.77. The van der Waals surface area contributed by atoms with Gasteiger partial charge in [0.25, 0.3) is 5.91 Å². The highest BCUT2D eigenvalue weighted by Gasteiger charge is 2.11. The number of nitriles is 1. The van der Waals surface area contributed by atoms with Crippen LogP contribution in [0.15, 0.2) is 29.3 Å². The van der Waals surface area contributed by atoms with E-state index in [0.29, 0.717) is 21.9 Å². The molecule has 5 nitrogen and oxygen atoms in total. The van der Waals surface area contributed by atoms with Crippen LogP contribution in [0.5, 0.6) is 0 Å². The number of nitrogens with one attached hydrogen (secondary N) is 1. The largest absolute Gasteiger partial charge is 0.355 e. The quantitative estimate of drug-likeness (QED) is 0.878. The maximum atomic E-state index is 11.5. The Hall–Kier alpha value is -2.39. The molecule has 1 heterocycles. The van der Waals surface area contributed by atoms with Crippen LogP contribution in [0.4, 0.5) is 0 Å². The van der Waals surface area contributed by atoms with Crippen LogP contribution >= 0.6 is 11.8 Å². The van der Waals surface area contributed by atoms with Crippen molar-refractivity contribution in [2.45, 2.75) is 24.6 Å². The van der Waals surface area contributed by atoms with E-state index in [0.717, 1.165) is 16.8 Å². The van der Waals surface area contributed by atoms with Gasteiger partial charge in [-0.3, -0.25) is 4.79 Å². The Morgan fingerprint density at radius 1 is 1.27 bits per heavy atom. The lowest BCUT2D eigenvalue weighted by atomic mass is 10.1. The molecule has 0 radical (unpaired) electrons. The zero-order chi connectivity index (χ0) is 16.1. The van der Waals surface area contributed by atoms with Crippen LogP contribution in [0.2, 0.25) is 0 Å². The van der Waals surface area contributed by atoms with E-state index >= 15 is 0 Å². The normalized spacial score (nSPS) is 10.1. The molecule has 2 rings (SSSR count). The lowest BCUT2D eigenvalue weighted by molar-refractivity contribution is 0.0963. The molecule has 1 aromatic heterocycles. The number of hydrogen-bond acceptors (Lipinski definition) is 5. The zero-order valence-electron chi connectivity index (χ0n) is 12.7. The van der Waals surface area contributed by atoms with E-state index < -0.39 is 0 Å². The van der Waals surface area contributed by atoms with E-state index in [9.17, 15) is 10.1 Å². The molecular formula is C16H16N4OS. The van der Waals surface area contributed by atoms with Crippen molar-refractivity contribution in [3.63, 3.8) is 0 Å². The number of rotatable bonds is 4. The molecule has 0 spiro atoms. The molecule has 0 aliphatic rings. The summed E-state index contributed by atoms with van der Waals surface area (Å²) < 4.78 is 0. The molecule has 1 amide bonds. The number of nitrogens with zero attached hydrogens (tertiary/aromatic N) is 3. The number of thioether (sulfide) groups is 1. The highest BCUT2D eigenvalue weighted by Crippen LogP contribution is 2.26. The highest BCUT2D eigenvalue weighted by atomic mass is 32.2. The fraction of sp³-hybridized carbons (Fsp3) is 0.250. The summed E-state index contributed by atoms with van der Waals surface area (Å²) in [7, 11) is 1.61. The molecule has 0 fully saturated rings. The van der Waals surface area contributed by atoms with Crippen molar-refractivity contribution in [2.24, 2.45) is 0 Å². The van der Waals surface area contributed by atoms with Crippen molar-refractivity contribution in [1.29, 1.82) is 5.26 Å². The van der Waals surface area contributed by atoms with Crippen LogP contribution < -0.4 is 5.32 Å². The molecule has 1 aromatic carbocycles. The average Bonchev–Trinajstić information content (AvgIpc) is 2.55. The van der Waals surface area contributed by atoms with Gasteiger partial charge in [0.05, 0.1) is 11.3 Å². The molecule has 0 saturated carbocycles. The number of amides is 1. The van der Waals surface area contributed by atoms with E-state index in [2.05, 4.69) is 21.6 Å². The third kappa shape index (κ3) is 3.43. The second kappa shape index (κ2) is 7.05.